The molecule has 4 rings (SSSR count). The summed E-state index contributed by atoms with van der Waals surface area (Å²) in [5.41, 5.74) is 0.939. The molecule has 2 aromatic rings. The first kappa shape index (κ1) is 14.8. The summed E-state index contributed by atoms with van der Waals surface area (Å²) in [6, 6.07) is 18.4. The van der Waals surface area contributed by atoms with Gasteiger partial charge in [0.15, 0.2) is 0 Å². The summed E-state index contributed by atoms with van der Waals surface area (Å²) in [6.07, 6.45) is 4.92. The van der Waals surface area contributed by atoms with Crippen LogP contribution in [0.5, 0.6) is 0 Å². The molecule has 1 amide bonds. The van der Waals surface area contributed by atoms with E-state index in [4.69, 9.17) is 0 Å². The van der Waals surface area contributed by atoms with Gasteiger partial charge in [-0.25, -0.2) is 0 Å². The Balaban J connectivity index is 1.49. The van der Waals surface area contributed by atoms with E-state index in [-0.39, 0.29) is 11.8 Å². The fourth-order valence-corrected chi connectivity index (χ4v) is 4.99. The van der Waals surface area contributed by atoms with Crippen LogP contribution in [0.2, 0.25) is 0 Å². The summed E-state index contributed by atoms with van der Waals surface area (Å²) in [5.74, 6) is 1.86. The molecule has 2 fully saturated rings. The van der Waals surface area contributed by atoms with Crippen LogP contribution in [0.25, 0.3) is 0 Å². The quantitative estimate of drug-likeness (QED) is 0.836. The van der Waals surface area contributed by atoms with Gasteiger partial charge < -0.3 is 5.32 Å². The van der Waals surface area contributed by atoms with E-state index in [2.05, 4.69) is 23.5 Å². The van der Waals surface area contributed by atoms with Crippen molar-refractivity contribution in [1.82, 2.24) is 0 Å². The highest BCUT2D eigenvalue weighted by atomic mass is 32.2. The highest BCUT2D eigenvalue weighted by Crippen LogP contribution is 2.48. The van der Waals surface area contributed by atoms with Gasteiger partial charge in [-0.3, -0.25) is 4.79 Å². The molecule has 23 heavy (non-hydrogen) atoms. The lowest BCUT2D eigenvalue weighted by Crippen LogP contribution is -2.27. The number of amides is 1. The molecule has 0 aliphatic heterocycles. The van der Waals surface area contributed by atoms with Crippen LogP contribution >= 0.6 is 11.8 Å². The van der Waals surface area contributed by atoms with Crippen LogP contribution < -0.4 is 5.32 Å². The lowest BCUT2D eigenvalue weighted by molar-refractivity contribution is -0.121. The molecule has 2 aromatic carbocycles. The maximum atomic E-state index is 12.7. The molecule has 1 N–H and O–H groups in total. The molecule has 2 aliphatic carbocycles. The van der Waals surface area contributed by atoms with E-state index in [1.165, 1.54) is 24.2 Å². The van der Waals surface area contributed by atoms with E-state index >= 15 is 0 Å². The monoisotopic (exact) mass is 323 g/mol. The average molecular weight is 323 g/mol. The number of rotatable bonds is 4. The number of hydrogen-bond donors (Lipinski definition) is 1. The molecule has 3 heteroatoms. The number of anilines is 1. The number of carbonyl (C=O) groups is 1. The van der Waals surface area contributed by atoms with Crippen LogP contribution in [0.3, 0.4) is 0 Å². The van der Waals surface area contributed by atoms with E-state index in [9.17, 15) is 4.79 Å². The minimum absolute atomic E-state index is 0.221. The Morgan fingerprint density at radius 2 is 1.74 bits per heavy atom. The standard InChI is InChI=1S/C20H21NOS/c22-20(17-13-14-10-11-15(17)12-14)21-18-8-4-5-9-19(18)23-16-6-2-1-3-7-16/h1-9,14-15,17H,10-13H2,(H,21,22). The molecule has 0 aromatic heterocycles. The molecule has 0 heterocycles. The molecule has 0 saturated heterocycles. The van der Waals surface area contributed by atoms with Gasteiger partial charge in [0, 0.05) is 15.7 Å². The van der Waals surface area contributed by atoms with Crippen LogP contribution in [0.15, 0.2) is 64.4 Å². The van der Waals surface area contributed by atoms with Crippen molar-refractivity contribution in [3.8, 4) is 0 Å². The first-order valence-corrected chi connectivity index (χ1v) is 9.24. The molecular formula is C20H21NOS. The Morgan fingerprint density at radius 1 is 0.957 bits per heavy atom. The molecule has 2 nitrogen and oxygen atoms in total. The van der Waals surface area contributed by atoms with Crippen LogP contribution in [-0.4, -0.2) is 5.91 Å². The zero-order valence-corrected chi connectivity index (χ0v) is 13.9. The van der Waals surface area contributed by atoms with Crippen molar-refractivity contribution in [3.63, 3.8) is 0 Å². The second-order valence-electron chi connectivity index (χ2n) is 6.68. The zero-order valence-electron chi connectivity index (χ0n) is 13.1. The topological polar surface area (TPSA) is 29.1 Å². The first-order chi connectivity index (χ1) is 11.3. The van der Waals surface area contributed by atoms with Crippen molar-refractivity contribution in [1.29, 1.82) is 0 Å². The maximum Gasteiger partial charge on any atom is 0.227 e. The van der Waals surface area contributed by atoms with E-state index < -0.39 is 0 Å². The van der Waals surface area contributed by atoms with E-state index in [0.29, 0.717) is 5.92 Å². The molecule has 2 aliphatic rings. The molecule has 3 atom stereocenters. The van der Waals surface area contributed by atoms with Crippen LogP contribution in [-0.2, 0) is 4.79 Å². The smallest absolute Gasteiger partial charge is 0.227 e. The largest absolute Gasteiger partial charge is 0.325 e. The SMILES string of the molecule is O=C(Nc1ccccc1Sc1ccccc1)C1CC2CCC1C2. The Hall–Kier alpha value is -1.74. The van der Waals surface area contributed by atoms with Crippen molar-refractivity contribution in [2.75, 3.05) is 5.32 Å². The van der Waals surface area contributed by atoms with Gasteiger partial charge in [-0.15, -0.1) is 0 Å². The molecule has 118 valence electrons. The number of carbonyl (C=O) groups excluding carboxylic acids is 1. The second kappa shape index (κ2) is 6.40. The second-order valence-corrected chi connectivity index (χ2v) is 7.80. The van der Waals surface area contributed by atoms with Crippen molar-refractivity contribution in [2.24, 2.45) is 17.8 Å². The van der Waals surface area contributed by atoms with Gasteiger partial charge in [0.2, 0.25) is 5.91 Å². The third kappa shape index (κ3) is 3.16. The average Bonchev–Trinajstić information content (AvgIpc) is 3.21. The number of benzene rings is 2. The van der Waals surface area contributed by atoms with Gasteiger partial charge in [0.25, 0.3) is 0 Å². The molecule has 0 radical (unpaired) electrons. The number of nitrogens with one attached hydrogen (secondary N) is 1. The lowest BCUT2D eigenvalue weighted by Gasteiger charge is -2.21. The summed E-state index contributed by atoms with van der Waals surface area (Å²) in [6.45, 7) is 0. The van der Waals surface area contributed by atoms with Gasteiger partial charge >= 0.3 is 0 Å². The summed E-state index contributed by atoms with van der Waals surface area (Å²) in [5, 5.41) is 3.20. The Bertz CT molecular complexity index is 700. The zero-order chi connectivity index (χ0) is 15.6. The van der Waals surface area contributed by atoms with Crippen LogP contribution in [0.1, 0.15) is 25.7 Å². The fourth-order valence-electron chi connectivity index (χ4n) is 4.07. The van der Waals surface area contributed by atoms with E-state index in [0.717, 1.165) is 22.9 Å². The molecular weight excluding hydrogens is 302 g/mol. The van der Waals surface area contributed by atoms with Gasteiger partial charge in [-0.05, 0) is 55.4 Å². The van der Waals surface area contributed by atoms with Crippen molar-refractivity contribution < 1.29 is 4.79 Å². The normalized spacial score (nSPS) is 25.5. The highest BCUT2D eigenvalue weighted by molar-refractivity contribution is 7.99. The van der Waals surface area contributed by atoms with Gasteiger partial charge in [-0.1, -0.05) is 48.5 Å². The molecule has 2 bridgehead atoms. The summed E-state index contributed by atoms with van der Waals surface area (Å²) in [4.78, 5) is 15.0. The minimum Gasteiger partial charge on any atom is -0.325 e. The van der Waals surface area contributed by atoms with Crippen LogP contribution in [0.4, 0.5) is 5.69 Å². The molecule has 0 spiro atoms. The maximum absolute atomic E-state index is 12.7. The van der Waals surface area contributed by atoms with E-state index in [1.807, 2.05) is 36.4 Å². The third-order valence-electron chi connectivity index (χ3n) is 5.19. The highest BCUT2D eigenvalue weighted by Gasteiger charge is 2.43. The van der Waals surface area contributed by atoms with Gasteiger partial charge in [-0.2, -0.15) is 0 Å². The van der Waals surface area contributed by atoms with Gasteiger partial charge in [0.05, 0.1) is 5.69 Å². The Kier molecular flexibility index (Phi) is 4.13. The van der Waals surface area contributed by atoms with Crippen molar-refractivity contribution in [3.05, 3.63) is 54.6 Å². The Morgan fingerprint density at radius 3 is 2.48 bits per heavy atom. The van der Waals surface area contributed by atoms with Crippen LogP contribution in [0, 0.1) is 17.8 Å². The van der Waals surface area contributed by atoms with Crippen molar-refractivity contribution in [2.45, 2.75) is 35.5 Å². The molecule has 2 saturated carbocycles. The lowest BCUT2D eigenvalue weighted by atomic mass is 9.88. The minimum atomic E-state index is 0.221. The number of hydrogen-bond acceptors (Lipinski definition) is 2. The summed E-state index contributed by atoms with van der Waals surface area (Å²) < 4.78 is 0. The number of fused-ring (bicyclic) bond motifs is 2. The summed E-state index contributed by atoms with van der Waals surface area (Å²) >= 11 is 1.70. The van der Waals surface area contributed by atoms with Gasteiger partial charge in [0.1, 0.15) is 0 Å². The third-order valence-corrected chi connectivity index (χ3v) is 6.27. The summed E-state index contributed by atoms with van der Waals surface area (Å²) in [7, 11) is 0. The predicted molar refractivity (Wildman–Crippen MR) is 94.6 cm³/mol. The van der Waals surface area contributed by atoms with E-state index in [1.54, 1.807) is 11.8 Å². The fraction of sp³-hybridized carbons (Fsp3) is 0.350. The Labute approximate surface area is 141 Å². The molecule has 3 unspecified atom stereocenters. The number of para-hydroxylation sites is 1. The first-order valence-electron chi connectivity index (χ1n) is 8.42. The predicted octanol–water partition coefficient (Wildman–Crippen LogP) is 5.21. The van der Waals surface area contributed by atoms with Crippen molar-refractivity contribution >= 4 is 23.4 Å².